The number of rotatable bonds is 5. The fraction of sp³-hybridized carbons (Fsp3) is 0.400. The van der Waals surface area contributed by atoms with Crippen molar-refractivity contribution in [3.8, 4) is 5.75 Å². The van der Waals surface area contributed by atoms with E-state index in [1.165, 1.54) is 0 Å². The molecule has 0 aromatic heterocycles. The van der Waals surface area contributed by atoms with E-state index in [1.807, 2.05) is 19.1 Å². The Hall–Kier alpha value is -1.26. The van der Waals surface area contributed by atoms with E-state index in [2.05, 4.69) is 9.74 Å². The molecule has 78 valence electrons. The third-order valence-electron chi connectivity index (χ3n) is 2.09. The molecule has 0 fully saturated rings. The summed E-state index contributed by atoms with van der Waals surface area (Å²) in [6.07, 6.45) is 0. The molecule has 4 nitrogen and oxygen atoms in total. The van der Waals surface area contributed by atoms with Crippen molar-refractivity contribution in [3.05, 3.63) is 24.3 Å². The van der Waals surface area contributed by atoms with Gasteiger partial charge in [0.1, 0.15) is 5.75 Å². The van der Waals surface area contributed by atoms with Crippen molar-refractivity contribution in [3.63, 3.8) is 0 Å². The summed E-state index contributed by atoms with van der Waals surface area (Å²) in [6.45, 7) is 3.70. The van der Waals surface area contributed by atoms with Crippen LogP contribution in [0.4, 0.5) is 5.69 Å². The Bertz CT molecular complexity index is 261. The molecular formula is C10H16N2O2. The zero-order valence-electron chi connectivity index (χ0n) is 8.31. The normalized spacial score (nSPS) is 9.93. The lowest BCUT2D eigenvalue weighted by Gasteiger charge is -2.21. The molecule has 0 bridgehead atoms. The molecule has 0 aliphatic rings. The Morgan fingerprint density at radius 3 is 2.43 bits per heavy atom. The molecule has 1 rings (SSSR count). The van der Waals surface area contributed by atoms with E-state index in [0.717, 1.165) is 12.2 Å². The second kappa shape index (κ2) is 5.47. The first-order chi connectivity index (χ1) is 6.81. The van der Waals surface area contributed by atoms with Crippen molar-refractivity contribution < 1.29 is 9.94 Å². The van der Waals surface area contributed by atoms with E-state index in [4.69, 9.17) is 11.0 Å². The minimum atomic E-state index is 0.156. The van der Waals surface area contributed by atoms with Crippen LogP contribution in [-0.4, -0.2) is 24.8 Å². The highest BCUT2D eigenvalue weighted by atomic mass is 16.6. The van der Waals surface area contributed by atoms with Gasteiger partial charge in [0.15, 0.2) is 0 Å². The standard InChI is InChI=1S/C10H16N2O2/c1-2-12(7-8-13)9-3-5-10(14-11)6-4-9/h3-6,13H,2,7-8,11H2,1H3. The summed E-state index contributed by atoms with van der Waals surface area (Å²) in [5.74, 6) is 5.65. The molecule has 0 saturated heterocycles. The van der Waals surface area contributed by atoms with Crippen LogP contribution >= 0.6 is 0 Å². The molecule has 4 heteroatoms. The SMILES string of the molecule is CCN(CCO)c1ccc(ON)cc1. The summed E-state index contributed by atoms with van der Waals surface area (Å²) >= 11 is 0. The molecule has 0 saturated carbocycles. The molecule has 0 aliphatic heterocycles. The maximum Gasteiger partial charge on any atom is 0.146 e. The maximum atomic E-state index is 8.84. The number of anilines is 1. The van der Waals surface area contributed by atoms with Crippen molar-refractivity contribution in [2.24, 2.45) is 5.90 Å². The lowest BCUT2D eigenvalue weighted by Crippen LogP contribution is -2.25. The predicted octanol–water partition coefficient (Wildman–Crippen LogP) is 0.758. The Morgan fingerprint density at radius 1 is 1.36 bits per heavy atom. The topological polar surface area (TPSA) is 58.7 Å². The molecule has 0 atom stereocenters. The fourth-order valence-corrected chi connectivity index (χ4v) is 1.33. The van der Waals surface area contributed by atoms with Crippen molar-refractivity contribution in [2.75, 3.05) is 24.6 Å². The van der Waals surface area contributed by atoms with Crippen LogP contribution in [0.2, 0.25) is 0 Å². The number of aliphatic hydroxyl groups is 1. The molecule has 0 spiro atoms. The van der Waals surface area contributed by atoms with E-state index in [9.17, 15) is 0 Å². The number of likely N-dealkylation sites (N-methyl/N-ethyl adjacent to an activating group) is 1. The monoisotopic (exact) mass is 196 g/mol. The first-order valence-corrected chi connectivity index (χ1v) is 4.64. The van der Waals surface area contributed by atoms with Crippen molar-refractivity contribution in [1.29, 1.82) is 0 Å². The fourth-order valence-electron chi connectivity index (χ4n) is 1.33. The van der Waals surface area contributed by atoms with Crippen LogP contribution in [0.3, 0.4) is 0 Å². The van der Waals surface area contributed by atoms with Gasteiger partial charge in [0, 0.05) is 18.8 Å². The summed E-state index contributed by atoms with van der Waals surface area (Å²) in [4.78, 5) is 6.64. The van der Waals surface area contributed by atoms with E-state index >= 15 is 0 Å². The molecule has 0 radical (unpaired) electrons. The highest BCUT2D eigenvalue weighted by Gasteiger charge is 2.02. The molecular weight excluding hydrogens is 180 g/mol. The molecule has 0 heterocycles. The second-order valence-corrected chi connectivity index (χ2v) is 2.92. The van der Waals surface area contributed by atoms with E-state index < -0.39 is 0 Å². The third kappa shape index (κ3) is 2.61. The molecule has 1 aromatic rings. The number of hydrogen-bond acceptors (Lipinski definition) is 4. The highest BCUT2D eigenvalue weighted by molar-refractivity contribution is 5.48. The van der Waals surface area contributed by atoms with Gasteiger partial charge in [-0.15, -0.1) is 0 Å². The Balaban J connectivity index is 2.73. The molecule has 0 aliphatic carbocycles. The molecule has 1 aromatic carbocycles. The van der Waals surface area contributed by atoms with Crippen molar-refractivity contribution >= 4 is 5.69 Å². The minimum Gasteiger partial charge on any atom is -0.412 e. The lowest BCUT2D eigenvalue weighted by molar-refractivity contribution is 0.302. The average Bonchev–Trinajstić information content (AvgIpc) is 2.26. The van der Waals surface area contributed by atoms with E-state index in [0.29, 0.717) is 12.3 Å². The Morgan fingerprint density at radius 2 is 2.00 bits per heavy atom. The number of hydrogen-bond donors (Lipinski definition) is 2. The third-order valence-corrected chi connectivity index (χ3v) is 2.09. The number of aliphatic hydroxyl groups excluding tert-OH is 1. The smallest absolute Gasteiger partial charge is 0.146 e. The van der Waals surface area contributed by atoms with Crippen LogP contribution in [0.1, 0.15) is 6.92 Å². The number of nitrogens with two attached hydrogens (primary N) is 1. The van der Waals surface area contributed by atoms with Crippen molar-refractivity contribution in [2.45, 2.75) is 6.92 Å². The largest absolute Gasteiger partial charge is 0.412 e. The van der Waals surface area contributed by atoms with Gasteiger partial charge in [-0.25, -0.2) is 0 Å². The van der Waals surface area contributed by atoms with E-state index in [1.54, 1.807) is 12.1 Å². The van der Waals surface area contributed by atoms with E-state index in [-0.39, 0.29) is 6.61 Å². The maximum absolute atomic E-state index is 8.84. The first-order valence-electron chi connectivity index (χ1n) is 4.64. The van der Waals surface area contributed by atoms with Gasteiger partial charge >= 0.3 is 0 Å². The Kier molecular flexibility index (Phi) is 4.22. The Labute approximate surface area is 83.9 Å². The number of benzene rings is 1. The molecule has 0 unspecified atom stereocenters. The summed E-state index contributed by atoms with van der Waals surface area (Å²) in [5, 5.41) is 8.84. The zero-order chi connectivity index (χ0) is 10.4. The molecule has 0 amide bonds. The second-order valence-electron chi connectivity index (χ2n) is 2.92. The van der Waals surface area contributed by atoms with Gasteiger partial charge in [-0.05, 0) is 31.2 Å². The first kappa shape index (κ1) is 10.8. The van der Waals surface area contributed by atoms with Gasteiger partial charge in [-0.2, -0.15) is 5.90 Å². The van der Waals surface area contributed by atoms with Crippen LogP contribution in [0, 0.1) is 0 Å². The summed E-state index contributed by atoms with van der Waals surface area (Å²) in [7, 11) is 0. The van der Waals surface area contributed by atoms with Crippen molar-refractivity contribution in [1.82, 2.24) is 0 Å². The van der Waals surface area contributed by atoms with Crippen LogP contribution in [0.15, 0.2) is 24.3 Å². The van der Waals surface area contributed by atoms with Crippen LogP contribution in [0.5, 0.6) is 5.75 Å². The van der Waals surface area contributed by atoms with Crippen LogP contribution in [-0.2, 0) is 0 Å². The van der Waals surface area contributed by atoms with Gasteiger partial charge < -0.3 is 14.8 Å². The average molecular weight is 196 g/mol. The summed E-state index contributed by atoms with van der Waals surface area (Å²) in [6, 6.07) is 7.44. The van der Waals surface area contributed by atoms with Gasteiger partial charge in [-0.1, -0.05) is 0 Å². The highest BCUT2D eigenvalue weighted by Crippen LogP contribution is 2.18. The van der Waals surface area contributed by atoms with Crippen LogP contribution < -0.4 is 15.6 Å². The quantitative estimate of drug-likeness (QED) is 0.682. The van der Waals surface area contributed by atoms with Crippen LogP contribution in [0.25, 0.3) is 0 Å². The predicted molar refractivity (Wildman–Crippen MR) is 56.2 cm³/mol. The van der Waals surface area contributed by atoms with Gasteiger partial charge in [0.25, 0.3) is 0 Å². The molecule has 14 heavy (non-hydrogen) atoms. The van der Waals surface area contributed by atoms with Gasteiger partial charge in [0.05, 0.1) is 6.61 Å². The minimum absolute atomic E-state index is 0.156. The molecule has 3 N–H and O–H groups in total. The summed E-state index contributed by atoms with van der Waals surface area (Å²) < 4.78 is 0. The number of nitrogens with zero attached hydrogens (tertiary/aromatic N) is 1. The zero-order valence-corrected chi connectivity index (χ0v) is 8.31. The van der Waals surface area contributed by atoms with Gasteiger partial charge in [0.2, 0.25) is 0 Å². The summed E-state index contributed by atoms with van der Waals surface area (Å²) in [5.41, 5.74) is 1.06. The lowest BCUT2D eigenvalue weighted by atomic mass is 10.2. The van der Waals surface area contributed by atoms with Gasteiger partial charge in [-0.3, -0.25) is 0 Å².